The fourth-order valence-electron chi connectivity index (χ4n) is 2.07. The van der Waals surface area contributed by atoms with Crippen molar-refractivity contribution in [2.45, 2.75) is 12.6 Å². The number of aliphatic hydroxyl groups is 2. The number of rotatable bonds is 5. The van der Waals surface area contributed by atoms with Crippen LogP contribution in [0, 0.1) is 0 Å². The Morgan fingerprint density at radius 1 is 1.44 bits per heavy atom. The van der Waals surface area contributed by atoms with Gasteiger partial charge in [0.1, 0.15) is 0 Å². The molecule has 0 spiro atoms. The first-order valence-electron chi connectivity index (χ1n) is 5.97. The molecule has 2 N–H and O–H groups in total. The molecular weight excluding hydrogens is 230 g/mol. The van der Waals surface area contributed by atoms with Crippen LogP contribution in [-0.2, 0) is 13.6 Å². The van der Waals surface area contributed by atoms with Crippen LogP contribution >= 0.6 is 0 Å². The van der Waals surface area contributed by atoms with Crippen LogP contribution in [0.15, 0.2) is 24.5 Å². The molecule has 1 aromatic carbocycles. The van der Waals surface area contributed by atoms with Crippen molar-refractivity contribution in [2.75, 3.05) is 20.2 Å². The highest BCUT2D eigenvalue weighted by Crippen LogP contribution is 2.14. The molecule has 0 bridgehead atoms. The minimum Gasteiger partial charge on any atom is -0.394 e. The number of aromatic nitrogens is 2. The van der Waals surface area contributed by atoms with Gasteiger partial charge in [0.05, 0.1) is 30.1 Å². The average molecular weight is 249 g/mol. The summed E-state index contributed by atoms with van der Waals surface area (Å²) in [5.41, 5.74) is 3.23. The van der Waals surface area contributed by atoms with E-state index in [-0.39, 0.29) is 6.61 Å². The third kappa shape index (κ3) is 2.87. The minimum atomic E-state index is -0.686. The number of fused-ring (bicyclic) bond motifs is 1. The average Bonchev–Trinajstić information content (AvgIpc) is 2.70. The Bertz CT molecular complexity index is 524. The van der Waals surface area contributed by atoms with Crippen LogP contribution in [0.25, 0.3) is 11.0 Å². The quantitative estimate of drug-likeness (QED) is 0.803. The second kappa shape index (κ2) is 5.48. The minimum absolute atomic E-state index is 0.205. The highest BCUT2D eigenvalue weighted by molar-refractivity contribution is 5.75. The molecule has 5 heteroatoms. The van der Waals surface area contributed by atoms with Crippen molar-refractivity contribution in [1.82, 2.24) is 14.5 Å². The molecule has 0 fully saturated rings. The Morgan fingerprint density at radius 2 is 2.22 bits per heavy atom. The van der Waals surface area contributed by atoms with E-state index in [9.17, 15) is 5.11 Å². The number of nitrogens with zero attached hydrogens (tertiary/aromatic N) is 3. The summed E-state index contributed by atoms with van der Waals surface area (Å²) in [6.45, 7) is 0.976. The van der Waals surface area contributed by atoms with Crippen molar-refractivity contribution in [1.29, 1.82) is 0 Å². The molecule has 98 valence electrons. The van der Waals surface area contributed by atoms with Crippen molar-refractivity contribution in [3.8, 4) is 0 Å². The number of hydrogen-bond acceptors (Lipinski definition) is 4. The first kappa shape index (κ1) is 13.0. The first-order valence-corrected chi connectivity index (χ1v) is 5.97. The van der Waals surface area contributed by atoms with Crippen molar-refractivity contribution in [3.63, 3.8) is 0 Å². The Morgan fingerprint density at radius 3 is 2.94 bits per heavy atom. The number of aliphatic hydroxyl groups excluding tert-OH is 2. The number of aryl methyl sites for hydroxylation is 1. The van der Waals surface area contributed by atoms with Gasteiger partial charge in [-0.1, -0.05) is 6.07 Å². The maximum Gasteiger partial charge on any atom is 0.0955 e. The lowest BCUT2D eigenvalue weighted by Gasteiger charge is -2.19. The molecule has 1 atom stereocenters. The number of imidazole rings is 1. The van der Waals surface area contributed by atoms with E-state index in [1.807, 2.05) is 29.6 Å². The fraction of sp³-hybridized carbons (Fsp3) is 0.462. The molecule has 0 saturated heterocycles. The van der Waals surface area contributed by atoms with Gasteiger partial charge >= 0.3 is 0 Å². The lowest BCUT2D eigenvalue weighted by molar-refractivity contribution is 0.0648. The molecule has 0 aliphatic heterocycles. The zero-order valence-electron chi connectivity index (χ0n) is 10.7. The summed E-state index contributed by atoms with van der Waals surface area (Å²) >= 11 is 0. The largest absolute Gasteiger partial charge is 0.394 e. The predicted molar refractivity (Wildman–Crippen MR) is 70.1 cm³/mol. The van der Waals surface area contributed by atoms with Gasteiger partial charge in [0.25, 0.3) is 0 Å². The third-order valence-corrected chi connectivity index (χ3v) is 2.98. The standard InChI is InChI=1S/C13H19N3O2/c1-15(7-11(18)8-17)6-10-3-4-13-12(5-10)14-9-16(13)2/h3-5,9,11,17-18H,6-8H2,1-2H3. The van der Waals surface area contributed by atoms with Crippen molar-refractivity contribution >= 4 is 11.0 Å². The molecule has 2 aromatic rings. The molecule has 0 aliphatic rings. The van der Waals surface area contributed by atoms with Gasteiger partial charge < -0.3 is 14.8 Å². The van der Waals surface area contributed by atoms with E-state index in [0.717, 1.165) is 23.1 Å². The summed E-state index contributed by atoms with van der Waals surface area (Å²) < 4.78 is 1.98. The van der Waals surface area contributed by atoms with E-state index >= 15 is 0 Å². The Hall–Kier alpha value is -1.43. The first-order chi connectivity index (χ1) is 8.60. The van der Waals surface area contributed by atoms with Gasteiger partial charge in [-0.15, -0.1) is 0 Å². The number of benzene rings is 1. The van der Waals surface area contributed by atoms with E-state index < -0.39 is 6.10 Å². The van der Waals surface area contributed by atoms with Gasteiger partial charge in [-0.05, 0) is 24.7 Å². The summed E-state index contributed by atoms with van der Waals surface area (Å²) in [4.78, 5) is 6.30. The second-order valence-electron chi connectivity index (χ2n) is 4.71. The van der Waals surface area contributed by atoms with Gasteiger partial charge in [-0.3, -0.25) is 4.90 Å². The van der Waals surface area contributed by atoms with Gasteiger partial charge in [0.15, 0.2) is 0 Å². The summed E-state index contributed by atoms with van der Waals surface area (Å²) in [6, 6.07) is 6.16. The SMILES string of the molecule is CN(Cc1ccc2c(c1)ncn2C)CC(O)CO. The van der Waals surface area contributed by atoms with Crippen LogP contribution in [0.3, 0.4) is 0 Å². The van der Waals surface area contributed by atoms with Gasteiger partial charge in [-0.2, -0.15) is 0 Å². The molecule has 18 heavy (non-hydrogen) atoms. The second-order valence-corrected chi connectivity index (χ2v) is 4.71. The topological polar surface area (TPSA) is 61.5 Å². The lowest BCUT2D eigenvalue weighted by atomic mass is 10.2. The Labute approximate surface area is 106 Å². The van der Waals surface area contributed by atoms with Gasteiger partial charge in [-0.25, -0.2) is 4.98 Å². The zero-order valence-corrected chi connectivity index (χ0v) is 10.7. The number of hydrogen-bond donors (Lipinski definition) is 2. The van der Waals surface area contributed by atoms with Crippen LogP contribution in [-0.4, -0.2) is 51.0 Å². The van der Waals surface area contributed by atoms with Crippen molar-refractivity contribution < 1.29 is 10.2 Å². The van der Waals surface area contributed by atoms with Crippen molar-refractivity contribution in [3.05, 3.63) is 30.1 Å². The smallest absolute Gasteiger partial charge is 0.0955 e. The normalized spacial score (nSPS) is 13.4. The van der Waals surface area contributed by atoms with Crippen LogP contribution in [0.4, 0.5) is 0 Å². The zero-order chi connectivity index (χ0) is 13.1. The summed E-state index contributed by atoms with van der Waals surface area (Å²) in [7, 11) is 3.89. The molecular formula is C13H19N3O2. The molecule has 0 amide bonds. The Balaban J connectivity index is 2.07. The molecule has 0 aliphatic carbocycles. The van der Waals surface area contributed by atoms with E-state index in [1.54, 1.807) is 6.33 Å². The van der Waals surface area contributed by atoms with E-state index in [4.69, 9.17) is 5.11 Å². The highest BCUT2D eigenvalue weighted by Gasteiger charge is 2.08. The van der Waals surface area contributed by atoms with Gasteiger partial charge in [0.2, 0.25) is 0 Å². The maximum atomic E-state index is 9.37. The van der Waals surface area contributed by atoms with E-state index in [2.05, 4.69) is 17.1 Å². The number of likely N-dealkylation sites (N-methyl/N-ethyl adjacent to an activating group) is 1. The Kier molecular flexibility index (Phi) is 3.96. The molecule has 0 saturated carbocycles. The van der Waals surface area contributed by atoms with E-state index in [0.29, 0.717) is 6.54 Å². The highest BCUT2D eigenvalue weighted by atomic mass is 16.3. The summed E-state index contributed by atoms with van der Waals surface area (Å²) in [6.07, 6.45) is 1.11. The van der Waals surface area contributed by atoms with Crippen LogP contribution in [0.5, 0.6) is 0 Å². The molecule has 5 nitrogen and oxygen atoms in total. The molecule has 2 rings (SSSR count). The van der Waals surface area contributed by atoms with Crippen molar-refractivity contribution in [2.24, 2.45) is 7.05 Å². The van der Waals surface area contributed by atoms with Crippen LogP contribution in [0.1, 0.15) is 5.56 Å². The maximum absolute atomic E-state index is 9.37. The predicted octanol–water partition coefficient (Wildman–Crippen LogP) is 0.358. The third-order valence-electron chi connectivity index (χ3n) is 2.98. The molecule has 1 unspecified atom stereocenters. The monoisotopic (exact) mass is 249 g/mol. The molecule has 1 aromatic heterocycles. The van der Waals surface area contributed by atoms with Crippen LogP contribution < -0.4 is 0 Å². The van der Waals surface area contributed by atoms with E-state index in [1.165, 1.54) is 0 Å². The van der Waals surface area contributed by atoms with Gasteiger partial charge in [0, 0.05) is 20.1 Å². The molecule has 0 radical (unpaired) electrons. The molecule has 1 heterocycles. The lowest BCUT2D eigenvalue weighted by Crippen LogP contribution is -2.30. The van der Waals surface area contributed by atoms with Crippen LogP contribution in [0.2, 0.25) is 0 Å². The fourth-order valence-corrected chi connectivity index (χ4v) is 2.07. The summed E-state index contributed by atoms with van der Waals surface area (Å²) in [5, 5.41) is 18.2. The summed E-state index contributed by atoms with van der Waals surface area (Å²) in [5.74, 6) is 0.